The van der Waals surface area contributed by atoms with Gasteiger partial charge in [-0.1, -0.05) is 6.92 Å². The Balaban J connectivity index is 1.28. The van der Waals surface area contributed by atoms with Crippen molar-refractivity contribution < 1.29 is 44.5 Å². The number of carbonyl (C=O) groups excluding carboxylic acids is 1. The van der Waals surface area contributed by atoms with Gasteiger partial charge >= 0.3 is 5.97 Å². The molecule has 5 fully saturated rings. The Morgan fingerprint density at radius 3 is 2.53 bits per heavy atom. The van der Waals surface area contributed by atoms with Crippen molar-refractivity contribution in [3.05, 3.63) is 11.6 Å². The molecule has 2 heterocycles. The lowest BCUT2D eigenvalue weighted by molar-refractivity contribution is -0.316. The lowest BCUT2D eigenvalue weighted by atomic mass is 9.41. The first kappa shape index (κ1) is 31.3. The van der Waals surface area contributed by atoms with Crippen LogP contribution in [-0.2, 0) is 19.0 Å². The lowest BCUT2D eigenvalue weighted by Gasteiger charge is -2.66. The van der Waals surface area contributed by atoms with Gasteiger partial charge in [0.05, 0.1) is 23.4 Å². The molecule has 0 bridgehead atoms. The molecule has 13 heteroatoms. The number of aliphatic hydroxyl groups is 5. The topological polar surface area (TPSA) is 196 Å². The fourth-order valence-electron chi connectivity index (χ4n) is 9.98. The third kappa shape index (κ3) is 4.77. The van der Waals surface area contributed by atoms with Gasteiger partial charge in [-0.15, -0.1) is 0 Å². The van der Waals surface area contributed by atoms with Crippen LogP contribution in [0.3, 0.4) is 0 Å². The van der Waals surface area contributed by atoms with E-state index in [9.17, 15) is 30.3 Å². The molecule has 12 nitrogen and oxygen atoms in total. The van der Waals surface area contributed by atoms with Gasteiger partial charge in [0.15, 0.2) is 11.4 Å². The summed E-state index contributed by atoms with van der Waals surface area (Å²) in [6.07, 6.45) is 1.96. The van der Waals surface area contributed by atoms with Crippen LogP contribution in [0.25, 0.3) is 0 Å². The Labute approximate surface area is 256 Å². The molecule has 0 aromatic rings. The van der Waals surface area contributed by atoms with E-state index in [0.717, 1.165) is 24.8 Å². The number of nitrogens with zero attached hydrogens (tertiary/aromatic N) is 1. The summed E-state index contributed by atoms with van der Waals surface area (Å²) < 4.78 is 17.1. The number of thiocarbonyl (C=S) groups is 1. The number of carbonyl (C=O) groups is 1. The van der Waals surface area contributed by atoms with Gasteiger partial charge in [-0.3, -0.25) is 5.43 Å². The Morgan fingerprint density at radius 2 is 1.84 bits per heavy atom. The summed E-state index contributed by atoms with van der Waals surface area (Å²) in [5.74, 6) is -0.472. The first-order valence-electron chi connectivity index (χ1n) is 15.5. The van der Waals surface area contributed by atoms with Gasteiger partial charge in [-0.05, 0) is 93.8 Å². The molecule has 0 spiro atoms. The molecule has 4 aliphatic carbocycles. The van der Waals surface area contributed by atoms with Crippen molar-refractivity contribution >= 4 is 29.5 Å². The van der Waals surface area contributed by atoms with Gasteiger partial charge in [0.1, 0.15) is 24.9 Å². The van der Waals surface area contributed by atoms with Gasteiger partial charge in [-0.25, -0.2) is 4.79 Å². The largest absolute Gasteiger partial charge is 0.458 e. The summed E-state index contributed by atoms with van der Waals surface area (Å²) >= 11 is 4.98. The number of cyclic esters (lactones) is 1. The number of esters is 1. The van der Waals surface area contributed by atoms with Crippen LogP contribution < -0.4 is 11.2 Å². The van der Waals surface area contributed by atoms with Crippen molar-refractivity contribution in [3.8, 4) is 0 Å². The van der Waals surface area contributed by atoms with Crippen LogP contribution in [0.2, 0.25) is 0 Å². The molecular weight excluding hydrogens is 578 g/mol. The van der Waals surface area contributed by atoms with E-state index in [2.05, 4.69) is 17.5 Å². The first-order chi connectivity index (χ1) is 20.2. The highest BCUT2D eigenvalue weighted by Crippen LogP contribution is 2.70. The van der Waals surface area contributed by atoms with Gasteiger partial charge < -0.3 is 45.5 Å². The van der Waals surface area contributed by atoms with Crippen LogP contribution in [0.5, 0.6) is 0 Å². The number of hydrogen-bond acceptors (Lipinski definition) is 11. The van der Waals surface area contributed by atoms with Gasteiger partial charge in [0.2, 0.25) is 0 Å². The van der Waals surface area contributed by atoms with Crippen molar-refractivity contribution in [1.29, 1.82) is 0 Å². The van der Waals surface area contributed by atoms with Crippen LogP contribution >= 0.6 is 12.2 Å². The number of hydrazone groups is 1. The average Bonchev–Trinajstić information content (AvgIpc) is 3.50. The van der Waals surface area contributed by atoms with Crippen molar-refractivity contribution in [2.45, 2.75) is 120 Å². The van der Waals surface area contributed by atoms with Crippen molar-refractivity contribution in [2.24, 2.45) is 39.4 Å². The Morgan fingerprint density at radius 1 is 1.09 bits per heavy atom. The number of nitrogens with one attached hydrogen (secondary N) is 1. The maximum atomic E-state index is 12.6. The van der Waals surface area contributed by atoms with E-state index >= 15 is 0 Å². The molecule has 13 atom stereocenters. The quantitative estimate of drug-likeness (QED) is 0.0732. The van der Waals surface area contributed by atoms with E-state index in [-0.39, 0.29) is 41.9 Å². The minimum absolute atomic E-state index is 0.00829. The third-order valence-electron chi connectivity index (χ3n) is 12.2. The van der Waals surface area contributed by atoms with E-state index in [4.69, 9.17) is 32.2 Å². The summed E-state index contributed by atoms with van der Waals surface area (Å²) in [6.45, 7) is 4.03. The van der Waals surface area contributed by atoms with Crippen molar-refractivity contribution in [2.75, 3.05) is 6.61 Å². The Hall–Kier alpha value is -1.71. The fraction of sp³-hybridized carbons (Fsp3) is 0.833. The Bertz CT molecular complexity index is 1200. The van der Waals surface area contributed by atoms with E-state index < -0.39 is 58.8 Å². The molecule has 2 aliphatic heterocycles. The second-order valence-corrected chi connectivity index (χ2v) is 14.5. The maximum Gasteiger partial charge on any atom is 0.331 e. The molecule has 0 aromatic heterocycles. The second-order valence-electron chi connectivity index (χ2n) is 14.0. The summed E-state index contributed by atoms with van der Waals surface area (Å²) in [5.41, 5.74) is 5.79. The molecule has 8 N–H and O–H groups in total. The van der Waals surface area contributed by atoms with Crippen molar-refractivity contribution in [1.82, 2.24) is 5.43 Å². The highest BCUT2D eigenvalue weighted by atomic mass is 32.1. The average molecular weight is 624 g/mol. The second kappa shape index (κ2) is 11.0. The number of hydrogen-bond donors (Lipinski definition) is 7. The molecule has 0 radical (unpaired) electrons. The Kier molecular flexibility index (Phi) is 7.98. The minimum atomic E-state index is -1.43. The molecular formula is C30H45N3O9S. The number of aliphatic hydroxyl groups excluding tert-OH is 3. The van der Waals surface area contributed by atoms with Crippen LogP contribution in [0.1, 0.15) is 71.6 Å². The molecule has 43 heavy (non-hydrogen) atoms. The van der Waals surface area contributed by atoms with Gasteiger partial charge in [0, 0.05) is 29.5 Å². The zero-order valence-corrected chi connectivity index (χ0v) is 25.5. The van der Waals surface area contributed by atoms with Crippen LogP contribution in [0.4, 0.5) is 0 Å². The third-order valence-corrected chi connectivity index (χ3v) is 12.3. The molecule has 240 valence electrons. The van der Waals surface area contributed by atoms with Crippen LogP contribution in [0.15, 0.2) is 16.8 Å². The zero-order chi connectivity index (χ0) is 30.9. The minimum Gasteiger partial charge on any atom is -0.458 e. The normalized spacial score (nSPS) is 51.3. The number of fused-ring (bicyclic) bond motifs is 5. The molecule has 4 saturated carbocycles. The molecule has 1 unspecified atom stereocenters. The predicted molar refractivity (Wildman–Crippen MR) is 157 cm³/mol. The SMILES string of the molecule is C[C@@H]1O[C@@H](O[C@H]2CC[C@]3(/C=N/NC(N)=S)[C@H]4CC[C@]5(C)C(C6=CC(=O)OC6)CC[C@]5(O)[C@@H]4CC[C@]3(O)C2)[C@H](O)[C@H](O)[C@H]1O. The molecule has 6 aliphatic rings. The van der Waals surface area contributed by atoms with Gasteiger partial charge in [-0.2, -0.15) is 5.10 Å². The molecule has 0 amide bonds. The molecule has 0 aromatic carbocycles. The highest BCUT2D eigenvalue weighted by molar-refractivity contribution is 7.80. The highest BCUT2D eigenvalue weighted by Gasteiger charge is 2.71. The van der Waals surface area contributed by atoms with Crippen LogP contribution in [-0.4, -0.2) is 97.4 Å². The number of nitrogens with two attached hydrogens (primary N) is 1. The van der Waals surface area contributed by atoms with E-state index in [1.165, 1.54) is 0 Å². The van der Waals surface area contributed by atoms with Crippen molar-refractivity contribution in [3.63, 3.8) is 0 Å². The molecule has 6 rings (SSSR count). The summed E-state index contributed by atoms with van der Waals surface area (Å²) in [7, 11) is 0. The first-order valence-corrected chi connectivity index (χ1v) is 15.9. The summed E-state index contributed by atoms with van der Waals surface area (Å²) in [4.78, 5) is 11.9. The van der Waals surface area contributed by atoms with E-state index in [0.29, 0.717) is 32.1 Å². The summed E-state index contributed by atoms with van der Waals surface area (Å²) in [5, 5.41) is 60.4. The number of ether oxygens (including phenoxy) is 3. The van der Waals surface area contributed by atoms with E-state index in [1.54, 1.807) is 19.2 Å². The zero-order valence-electron chi connectivity index (χ0n) is 24.7. The smallest absolute Gasteiger partial charge is 0.331 e. The monoisotopic (exact) mass is 623 g/mol. The summed E-state index contributed by atoms with van der Waals surface area (Å²) in [6, 6.07) is 0. The maximum absolute atomic E-state index is 12.6. The fourth-order valence-corrected chi connectivity index (χ4v) is 10.0. The number of rotatable bonds is 5. The lowest BCUT2D eigenvalue weighted by Crippen LogP contribution is -2.69. The standard InChI is InChI=1S/C30H45N3O9S/c1-15-22(35)23(36)24(37)25(41-15)42-17-3-8-28(14-32-33-26(31)43)19-4-7-27(2)18(16-11-21(34)40-13-16)6-10-30(27,39)20(19)5-9-29(28,38)12-17/h11,14-15,17-20,22-25,35-39H,3-10,12-13H2,1-2H3,(H3,31,33,43)/b32-14+/t15-,17-,18?,19-,20+,22-,23+,24+,25-,27+,28-,29-,30-/m0/s1. The molecule has 1 saturated heterocycles. The van der Waals surface area contributed by atoms with Crippen LogP contribution in [0, 0.1) is 28.6 Å². The predicted octanol–water partition coefficient (Wildman–Crippen LogP) is 0.370. The van der Waals surface area contributed by atoms with Gasteiger partial charge in [0.25, 0.3) is 0 Å². The van der Waals surface area contributed by atoms with E-state index in [1.807, 2.05) is 0 Å².